The van der Waals surface area contributed by atoms with Crippen LogP contribution in [0.25, 0.3) is 5.65 Å². The Bertz CT molecular complexity index is 695. The second-order valence-corrected chi connectivity index (χ2v) is 4.76. The van der Waals surface area contributed by atoms with Gasteiger partial charge in [0.15, 0.2) is 0 Å². The van der Waals surface area contributed by atoms with Crippen LogP contribution in [0.15, 0.2) is 48.8 Å². The topological polar surface area (TPSA) is 17.3 Å². The van der Waals surface area contributed by atoms with Crippen molar-refractivity contribution >= 4 is 5.65 Å². The van der Waals surface area contributed by atoms with Crippen LogP contribution in [0.4, 0.5) is 0 Å². The number of imidazole rings is 1. The summed E-state index contributed by atoms with van der Waals surface area (Å²) in [6.07, 6.45) is 5.07. The highest BCUT2D eigenvalue weighted by Crippen LogP contribution is 2.15. The molecule has 3 rings (SSSR count). The predicted molar refractivity (Wildman–Crippen MR) is 73.9 cm³/mol. The van der Waals surface area contributed by atoms with E-state index in [1.807, 2.05) is 0 Å². The minimum absolute atomic E-state index is 0.897. The van der Waals surface area contributed by atoms with Gasteiger partial charge in [-0.15, -0.1) is 0 Å². The fourth-order valence-electron chi connectivity index (χ4n) is 2.29. The summed E-state index contributed by atoms with van der Waals surface area (Å²) in [5.41, 5.74) is 6.07. The maximum atomic E-state index is 4.71. The lowest BCUT2D eigenvalue weighted by atomic mass is 10.0. The van der Waals surface area contributed by atoms with Crippen LogP contribution in [-0.4, -0.2) is 9.38 Å². The lowest BCUT2D eigenvalue weighted by Crippen LogP contribution is -1.91. The minimum atomic E-state index is 0.897. The average molecular weight is 236 g/mol. The molecule has 0 radical (unpaired) electrons. The van der Waals surface area contributed by atoms with Gasteiger partial charge in [0.25, 0.3) is 0 Å². The van der Waals surface area contributed by atoms with Gasteiger partial charge in [0.2, 0.25) is 0 Å². The van der Waals surface area contributed by atoms with Gasteiger partial charge in [0.05, 0.1) is 5.69 Å². The van der Waals surface area contributed by atoms with Crippen LogP contribution >= 0.6 is 0 Å². The maximum absolute atomic E-state index is 4.71. The summed E-state index contributed by atoms with van der Waals surface area (Å²) in [7, 11) is 0. The summed E-state index contributed by atoms with van der Waals surface area (Å²) in [4.78, 5) is 4.71. The molecule has 0 aliphatic carbocycles. The first kappa shape index (κ1) is 11.0. The molecule has 0 fully saturated rings. The molecule has 0 bridgehead atoms. The van der Waals surface area contributed by atoms with Gasteiger partial charge >= 0.3 is 0 Å². The quantitative estimate of drug-likeness (QED) is 0.665. The molecule has 0 amide bonds. The first-order valence-electron chi connectivity index (χ1n) is 6.22. The van der Waals surface area contributed by atoms with Crippen molar-refractivity contribution in [3.8, 4) is 0 Å². The van der Waals surface area contributed by atoms with E-state index in [0.717, 1.165) is 17.8 Å². The Morgan fingerprint density at radius 3 is 2.56 bits per heavy atom. The molecule has 0 saturated heterocycles. The molecule has 0 aliphatic rings. The number of aromatic nitrogens is 2. The van der Waals surface area contributed by atoms with Crippen molar-refractivity contribution in [1.82, 2.24) is 9.38 Å². The van der Waals surface area contributed by atoms with Crippen LogP contribution in [-0.2, 0) is 6.42 Å². The van der Waals surface area contributed by atoms with E-state index in [0.29, 0.717) is 0 Å². The molecule has 0 spiro atoms. The number of pyridine rings is 1. The highest BCUT2D eigenvalue weighted by molar-refractivity contribution is 5.48. The van der Waals surface area contributed by atoms with Crippen molar-refractivity contribution in [1.29, 1.82) is 0 Å². The summed E-state index contributed by atoms with van der Waals surface area (Å²) in [6.45, 7) is 4.25. The first-order valence-corrected chi connectivity index (χ1v) is 6.22. The number of rotatable bonds is 2. The van der Waals surface area contributed by atoms with E-state index in [-0.39, 0.29) is 0 Å². The molecule has 3 aromatic rings. The lowest BCUT2D eigenvalue weighted by molar-refractivity contribution is 1.09. The minimum Gasteiger partial charge on any atom is -0.307 e. The van der Waals surface area contributed by atoms with Gasteiger partial charge in [0, 0.05) is 18.8 Å². The summed E-state index contributed by atoms with van der Waals surface area (Å²) < 4.78 is 2.10. The number of hydrogen-bond acceptors (Lipinski definition) is 1. The Labute approximate surface area is 107 Å². The maximum Gasteiger partial charge on any atom is 0.139 e. The van der Waals surface area contributed by atoms with Crippen molar-refractivity contribution in [3.05, 3.63) is 71.2 Å². The number of nitrogens with zero attached hydrogens (tertiary/aromatic N) is 2. The Morgan fingerprint density at radius 1 is 1.00 bits per heavy atom. The largest absolute Gasteiger partial charge is 0.307 e. The highest BCUT2D eigenvalue weighted by atomic mass is 15.0. The predicted octanol–water partition coefficient (Wildman–Crippen LogP) is 3.54. The zero-order chi connectivity index (χ0) is 12.5. The summed E-state index contributed by atoms with van der Waals surface area (Å²) in [5, 5.41) is 0. The molecular formula is C16H16N2. The molecular weight excluding hydrogens is 220 g/mol. The van der Waals surface area contributed by atoms with Gasteiger partial charge in [-0.05, 0) is 36.6 Å². The Balaban J connectivity index is 2.01. The van der Waals surface area contributed by atoms with Gasteiger partial charge < -0.3 is 4.40 Å². The fraction of sp³-hybridized carbons (Fsp3) is 0.188. The third-order valence-corrected chi connectivity index (χ3v) is 3.36. The smallest absolute Gasteiger partial charge is 0.139 e. The zero-order valence-corrected chi connectivity index (χ0v) is 10.7. The van der Waals surface area contributed by atoms with Crippen LogP contribution in [0.2, 0.25) is 0 Å². The Morgan fingerprint density at radius 2 is 1.78 bits per heavy atom. The monoisotopic (exact) mass is 236 g/mol. The van der Waals surface area contributed by atoms with Crippen LogP contribution < -0.4 is 0 Å². The van der Waals surface area contributed by atoms with Crippen molar-refractivity contribution < 1.29 is 0 Å². The molecule has 0 unspecified atom stereocenters. The molecule has 1 aromatic carbocycles. The van der Waals surface area contributed by atoms with Crippen LogP contribution in [0.5, 0.6) is 0 Å². The molecule has 2 heteroatoms. The summed E-state index contributed by atoms with van der Waals surface area (Å²) >= 11 is 0. The first-order chi connectivity index (χ1) is 8.74. The third-order valence-electron chi connectivity index (χ3n) is 3.36. The second kappa shape index (κ2) is 4.30. The third kappa shape index (κ3) is 1.90. The van der Waals surface area contributed by atoms with Crippen molar-refractivity contribution in [3.63, 3.8) is 0 Å². The van der Waals surface area contributed by atoms with Gasteiger partial charge in [0.1, 0.15) is 5.65 Å². The van der Waals surface area contributed by atoms with Gasteiger partial charge in [-0.1, -0.05) is 30.3 Å². The van der Waals surface area contributed by atoms with E-state index >= 15 is 0 Å². The van der Waals surface area contributed by atoms with E-state index in [9.17, 15) is 0 Å². The second-order valence-electron chi connectivity index (χ2n) is 4.76. The Kier molecular flexibility index (Phi) is 2.63. The van der Waals surface area contributed by atoms with E-state index in [2.05, 4.69) is 67.0 Å². The number of fused-ring (bicyclic) bond motifs is 1. The van der Waals surface area contributed by atoms with Crippen LogP contribution in [0, 0.1) is 13.8 Å². The highest BCUT2D eigenvalue weighted by Gasteiger charge is 2.05. The number of aryl methyl sites for hydroxylation is 2. The molecule has 18 heavy (non-hydrogen) atoms. The van der Waals surface area contributed by atoms with E-state index in [1.165, 1.54) is 16.7 Å². The number of hydrogen-bond donors (Lipinski definition) is 0. The van der Waals surface area contributed by atoms with E-state index in [1.54, 1.807) is 0 Å². The van der Waals surface area contributed by atoms with E-state index in [4.69, 9.17) is 4.98 Å². The molecule has 0 saturated carbocycles. The summed E-state index contributed by atoms with van der Waals surface area (Å²) in [5.74, 6) is 0. The van der Waals surface area contributed by atoms with Gasteiger partial charge in [-0.3, -0.25) is 0 Å². The molecule has 0 atom stereocenters. The summed E-state index contributed by atoms with van der Waals surface area (Å²) in [6, 6.07) is 12.6. The molecule has 2 nitrogen and oxygen atoms in total. The van der Waals surface area contributed by atoms with Crippen molar-refractivity contribution in [2.24, 2.45) is 0 Å². The zero-order valence-electron chi connectivity index (χ0n) is 10.7. The molecule has 0 N–H and O–H groups in total. The standard InChI is InChI=1S/C16H16N2/c1-12-6-3-4-8-14(12)10-15-11-18-9-5-7-13(2)16(18)17-15/h3-9,11H,10H2,1-2H3. The molecule has 2 aromatic heterocycles. The van der Waals surface area contributed by atoms with Gasteiger partial charge in [-0.2, -0.15) is 0 Å². The molecule has 2 heterocycles. The number of benzene rings is 1. The van der Waals surface area contributed by atoms with Crippen LogP contribution in [0.3, 0.4) is 0 Å². The van der Waals surface area contributed by atoms with E-state index < -0.39 is 0 Å². The van der Waals surface area contributed by atoms with Gasteiger partial charge in [-0.25, -0.2) is 4.98 Å². The van der Waals surface area contributed by atoms with Crippen molar-refractivity contribution in [2.75, 3.05) is 0 Å². The fourth-order valence-corrected chi connectivity index (χ4v) is 2.29. The molecule has 0 aliphatic heterocycles. The van der Waals surface area contributed by atoms with Crippen LogP contribution in [0.1, 0.15) is 22.4 Å². The SMILES string of the molecule is Cc1ccccc1Cc1cn2cccc(C)c2n1. The average Bonchev–Trinajstić information content (AvgIpc) is 2.76. The molecule has 90 valence electrons. The lowest BCUT2D eigenvalue weighted by Gasteiger charge is -2.01. The Hall–Kier alpha value is -2.09. The van der Waals surface area contributed by atoms with Crippen molar-refractivity contribution in [2.45, 2.75) is 20.3 Å². The normalized spacial score (nSPS) is 11.0.